The molecule has 0 spiro atoms. The van der Waals surface area contributed by atoms with Gasteiger partial charge in [0.15, 0.2) is 0 Å². The molecule has 3 aromatic rings. The fourth-order valence-corrected chi connectivity index (χ4v) is 4.43. The molecule has 0 bridgehead atoms. The first-order valence-electron chi connectivity index (χ1n) is 9.07. The maximum absolute atomic E-state index is 11.8. The van der Waals surface area contributed by atoms with Gasteiger partial charge in [0.1, 0.15) is 12.4 Å². The second-order valence-corrected chi connectivity index (χ2v) is 7.99. The zero-order chi connectivity index (χ0) is 19.9. The molecule has 0 radical (unpaired) electrons. The number of hydrogen-bond acceptors (Lipinski definition) is 4. The predicted molar refractivity (Wildman–Crippen MR) is 118 cm³/mol. The highest BCUT2D eigenvalue weighted by Crippen LogP contribution is 2.33. The number of esters is 1. The van der Waals surface area contributed by atoms with Gasteiger partial charge >= 0.3 is 5.97 Å². The van der Waals surface area contributed by atoms with Gasteiger partial charge in [0, 0.05) is 19.9 Å². The summed E-state index contributed by atoms with van der Waals surface area (Å²) in [5, 5.41) is 3.25. The van der Waals surface area contributed by atoms with Gasteiger partial charge in [-0.15, -0.1) is 17.3 Å². The number of rotatable bonds is 7. The molecule has 0 aliphatic heterocycles. The van der Waals surface area contributed by atoms with E-state index in [2.05, 4.69) is 45.3 Å². The summed E-state index contributed by atoms with van der Waals surface area (Å²) in [5.74, 6) is 6.47. The summed E-state index contributed by atoms with van der Waals surface area (Å²) >= 11 is 5.27. The number of thiophene rings is 1. The summed E-state index contributed by atoms with van der Waals surface area (Å²) in [5.41, 5.74) is 2.07. The van der Waals surface area contributed by atoms with Crippen molar-refractivity contribution in [3.8, 4) is 17.6 Å². The highest BCUT2D eigenvalue weighted by molar-refractivity contribution is 9.10. The standard InChI is InChI=1S/C23H21BrO3S/c1-3-5-18(12-23(25)26-4-2)17-8-6-16(7-9-17)14-27-19-10-11-22-20(13-19)21(24)15-28-22/h6-11,13,15,18H,4,12,14H2,1-2H3/t18-/m0/s1. The molecular weight excluding hydrogens is 436 g/mol. The van der Waals surface area contributed by atoms with Crippen molar-refractivity contribution in [1.82, 2.24) is 0 Å². The van der Waals surface area contributed by atoms with Gasteiger partial charge in [-0.25, -0.2) is 0 Å². The van der Waals surface area contributed by atoms with Gasteiger partial charge in [-0.3, -0.25) is 4.79 Å². The number of hydrogen-bond donors (Lipinski definition) is 0. The highest BCUT2D eigenvalue weighted by Gasteiger charge is 2.14. The Morgan fingerprint density at radius 2 is 2.00 bits per heavy atom. The number of benzene rings is 2. The van der Waals surface area contributed by atoms with E-state index in [9.17, 15) is 4.79 Å². The quantitative estimate of drug-likeness (QED) is 0.308. The Morgan fingerprint density at radius 3 is 2.71 bits per heavy atom. The molecule has 0 aliphatic carbocycles. The molecule has 0 N–H and O–H groups in total. The van der Waals surface area contributed by atoms with Gasteiger partial charge in [-0.1, -0.05) is 30.2 Å². The van der Waals surface area contributed by atoms with Crippen molar-refractivity contribution in [1.29, 1.82) is 0 Å². The maximum Gasteiger partial charge on any atom is 0.307 e. The van der Waals surface area contributed by atoms with E-state index in [0.29, 0.717) is 13.2 Å². The second-order valence-electron chi connectivity index (χ2n) is 6.23. The van der Waals surface area contributed by atoms with Crippen molar-refractivity contribution < 1.29 is 14.3 Å². The average Bonchev–Trinajstić information content (AvgIpc) is 3.07. The summed E-state index contributed by atoms with van der Waals surface area (Å²) in [6.07, 6.45) is 0.264. The Hall–Kier alpha value is -2.29. The van der Waals surface area contributed by atoms with E-state index in [4.69, 9.17) is 9.47 Å². The van der Waals surface area contributed by atoms with Crippen molar-refractivity contribution in [2.75, 3.05) is 6.61 Å². The first-order chi connectivity index (χ1) is 13.6. The van der Waals surface area contributed by atoms with Gasteiger partial charge in [0.05, 0.1) is 18.9 Å². The van der Waals surface area contributed by atoms with Crippen LogP contribution in [0.2, 0.25) is 0 Å². The zero-order valence-corrected chi connectivity index (χ0v) is 18.2. The van der Waals surface area contributed by atoms with Gasteiger partial charge < -0.3 is 9.47 Å². The molecule has 0 fully saturated rings. The van der Waals surface area contributed by atoms with Crippen LogP contribution in [0.4, 0.5) is 0 Å². The Bertz CT molecular complexity index is 1010. The minimum Gasteiger partial charge on any atom is -0.489 e. The van der Waals surface area contributed by atoms with Gasteiger partial charge in [0.2, 0.25) is 0 Å². The largest absolute Gasteiger partial charge is 0.489 e. The number of carbonyl (C=O) groups is 1. The number of carbonyl (C=O) groups excluding carboxylic acids is 1. The van der Waals surface area contributed by atoms with Crippen LogP contribution in [-0.4, -0.2) is 12.6 Å². The molecule has 0 amide bonds. The molecule has 3 nitrogen and oxygen atoms in total. The average molecular weight is 457 g/mol. The molecule has 144 valence electrons. The van der Waals surface area contributed by atoms with Crippen LogP contribution in [0.1, 0.15) is 37.3 Å². The lowest BCUT2D eigenvalue weighted by atomic mass is 9.95. The summed E-state index contributed by atoms with van der Waals surface area (Å²) in [6.45, 7) is 4.45. The van der Waals surface area contributed by atoms with Gasteiger partial charge in [-0.2, -0.15) is 0 Å². The topological polar surface area (TPSA) is 35.5 Å². The Morgan fingerprint density at radius 1 is 1.21 bits per heavy atom. The Kier molecular flexibility index (Phi) is 7.13. The lowest BCUT2D eigenvalue weighted by Gasteiger charge is -2.12. The second kappa shape index (κ2) is 9.77. The fraction of sp³-hybridized carbons (Fsp3) is 0.261. The van der Waals surface area contributed by atoms with E-state index in [1.54, 1.807) is 18.3 Å². The minimum atomic E-state index is -0.224. The molecule has 2 aromatic carbocycles. The van der Waals surface area contributed by atoms with Crippen molar-refractivity contribution in [3.05, 3.63) is 63.4 Å². The number of halogens is 1. The van der Waals surface area contributed by atoms with Gasteiger partial charge in [0.25, 0.3) is 0 Å². The third-order valence-electron chi connectivity index (χ3n) is 4.28. The summed E-state index contributed by atoms with van der Waals surface area (Å²) in [4.78, 5) is 11.8. The number of ether oxygens (including phenoxy) is 2. The molecule has 0 unspecified atom stereocenters. The van der Waals surface area contributed by atoms with Crippen LogP contribution in [0, 0.1) is 11.8 Å². The Balaban J connectivity index is 1.65. The first-order valence-corrected chi connectivity index (χ1v) is 10.7. The van der Waals surface area contributed by atoms with Crippen LogP contribution in [0.5, 0.6) is 5.75 Å². The van der Waals surface area contributed by atoms with Crippen LogP contribution in [-0.2, 0) is 16.1 Å². The molecule has 28 heavy (non-hydrogen) atoms. The molecule has 3 rings (SSSR count). The maximum atomic E-state index is 11.8. The first kappa shape index (κ1) is 20.4. The summed E-state index contributed by atoms with van der Waals surface area (Å²) in [7, 11) is 0. The minimum absolute atomic E-state index is 0.155. The van der Waals surface area contributed by atoms with E-state index in [0.717, 1.165) is 26.7 Å². The van der Waals surface area contributed by atoms with Crippen LogP contribution in [0.3, 0.4) is 0 Å². The van der Waals surface area contributed by atoms with Crippen LogP contribution in [0.25, 0.3) is 10.1 Å². The van der Waals surface area contributed by atoms with E-state index in [1.807, 2.05) is 37.3 Å². The van der Waals surface area contributed by atoms with E-state index in [-0.39, 0.29) is 18.3 Å². The van der Waals surface area contributed by atoms with Crippen molar-refractivity contribution in [2.24, 2.45) is 0 Å². The molecule has 0 saturated carbocycles. The van der Waals surface area contributed by atoms with E-state index < -0.39 is 0 Å². The molecule has 0 aliphatic rings. The smallest absolute Gasteiger partial charge is 0.307 e. The Labute approximate surface area is 177 Å². The molecule has 1 aromatic heterocycles. The summed E-state index contributed by atoms with van der Waals surface area (Å²) < 4.78 is 13.3. The van der Waals surface area contributed by atoms with E-state index in [1.165, 1.54) is 4.70 Å². The monoisotopic (exact) mass is 456 g/mol. The third kappa shape index (κ3) is 5.15. The molecule has 1 atom stereocenters. The van der Waals surface area contributed by atoms with Crippen molar-refractivity contribution >= 4 is 43.3 Å². The molecule has 5 heteroatoms. The lowest BCUT2D eigenvalue weighted by Crippen LogP contribution is -2.09. The van der Waals surface area contributed by atoms with Crippen molar-refractivity contribution in [2.45, 2.75) is 32.8 Å². The predicted octanol–water partition coefficient (Wildman–Crippen LogP) is 6.30. The zero-order valence-electron chi connectivity index (χ0n) is 15.8. The summed E-state index contributed by atoms with van der Waals surface area (Å²) in [6, 6.07) is 14.2. The lowest BCUT2D eigenvalue weighted by molar-refractivity contribution is -0.143. The SMILES string of the molecule is CC#C[C@@H](CC(=O)OCC)c1ccc(COc2ccc3scc(Br)c3c2)cc1. The normalized spacial score (nSPS) is 11.5. The van der Waals surface area contributed by atoms with Gasteiger partial charge in [-0.05, 0) is 59.1 Å². The molecule has 0 saturated heterocycles. The number of fused-ring (bicyclic) bond motifs is 1. The highest BCUT2D eigenvalue weighted by atomic mass is 79.9. The van der Waals surface area contributed by atoms with Crippen molar-refractivity contribution in [3.63, 3.8) is 0 Å². The fourth-order valence-electron chi connectivity index (χ4n) is 2.89. The third-order valence-corrected chi connectivity index (χ3v) is 6.20. The van der Waals surface area contributed by atoms with Crippen LogP contribution in [0.15, 0.2) is 52.3 Å². The van der Waals surface area contributed by atoms with E-state index >= 15 is 0 Å². The van der Waals surface area contributed by atoms with Crippen LogP contribution >= 0.6 is 27.3 Å². The molecule has 1 heterocycles. The molecular formula is C23H21BrO3S. The van der Waals surface area contributed by atoms with Crippen LogP contribution < -0.4 is 4.74 Å².